The molecule has 0 radical (unpaired) electrons. The molecule has 0 fully saturated rings. The zero-order chi connectivity index (χ0) is 10.7. The summed E-state index contributed by atoms with van der Waals surface area (Å²) in [5.41, 5.74) is 5.46. The Bertz CT molecular complexity index is 397. The molecule has 1 rings (SSSR count). The molecule has 5 nitrogen and oxygen atoms in total. The Hall–Kier alpha value is -1.40. The monoisotopic (exact) mass is 231 g/mol. The van der Waals surface area contributed by atoms with E-state index in [2.05, 4.69) is 17.5 Å². The van der Waals surface area contributed by atoms with Gasteiger partial charge in [0.2, 0.25) is 0 Å². The van der Waals surface area contributed by atoms with Crippen LogP contribution in [0.1, 0.15) is 0 Å². The highest BCUT2D eigenvalue weighted by molar-refractivity contribution is 7.80. The van der Waals surface area contributed by atoms with Gasteiger partial charge in [-0.1, -0.05) is 11.6 Å². The molecule has 7 heteroatoms. The third-order valence-electron chi connectivity index (χ3n) is 1.41. The number of nitrogens with two attached hydrogens (primary N) is 1. The molecule has 0 aliphatic heterocycles. The predicted octanol–water partition coefficient (Wildman–Crippen LogP) is 1.90. The average Bonchev–Trinajstić information content (AvgIpc) is 2.07. The zero-order valence-corrected chi connectivity index (χ0v) is 8.43. The van der Waals surface area contributed by atoms with Crippen LogP contribution in [0.2, 0.25) is 5.02 Å². The summed E-state index contributed by atoms with van der Waals surface area (Å²) >= 11 is 10.2. The molecule has 14 heavy (non-hydrogen) atoms. The molecule has 1 aromatic rings. The minimum absolute atomic E-state index is 0.0432. The van der Waals surface area contributed by atoms with Gasteiger partial charge in [-0.25, -0.2) is 0 Å². The number of thiocarbonyl (C=S) groups is 1. The summed E-state index contributed by atoms with van der Waals surface area (Å²) in [6.07, 6.45) is 0. The number of hydrogen-bond donors (Lipinski definition) is 2. The van der Waals surface area contributed by atoms with Crippen molar-refractivity contribution in [3.05, 3.63) is 33.3 Å². The first kappa shape index (κ1) is 10.7. The molecule has 0 heterocycles. The Morgan fingerprint density at radius 2 is 2.29 bits per heavy atom. The number of nitro benzene ring substituents is 1. The smallest absolute Gasteiger partial charge is 0.289 e. The summed E-state index contributed by atoms with van der Waals surface area (Å²) in [4.78, 5) is 9.91. The highest BCUT2D eigenvalue weighted by Gasteiger charge is 2.12. The highest BCUT2D eigenvalue weighted by Crippen LogP contribution is 2.27. The van der Waals surface area contributed by atoms with E-state index >= 15 is 0 Å². The van der Waals surface area contributed by atoms with Gasteiger partial charge in [-0.2, -0.15) is 0 Å². The summed E-state index contributed by atoms with van der Waals surface area (Å²) < 4.78 is 0. The fourth-order valence-electron chi connectivity index (χ4n) is 0.873. The Balaban J connectivity index is 3.06. The van der Waals surface area contributed by atoms with E-state index in [0.29, 0.717) is 5.69 Å². The molecule has 3 N–H and O–H groups in total. The van der Waals surface area contributed by atoms with Crippen LogP contribution in [0.4, 0.5) is 11.4 Å². The predicted molar refractivity (Wildman–Crippen MR) is 58.5 cm³/mol. The van der Waals surface area contributed by atoms with Gasteiger partial charge in [-0.15, -0.1) is 0 Å². The van der Waals surface area contributed by atoms with E-state index < -0.39 is 4.92 Å². The molecule has 1 aromatic carbocycles. The number of nitrogens with one attached hydrogen (secondary N) is 1. The molecule has 0 bridgehead atoms. The van der Waals surface area contributed by atoms with Gasteiger partial charge in [-0.3, -0.25) is 10.1 Å². The second-order valence-corrected chi connectivity index (χ2v) is 3.26. The van der Waals surface area contributed by atoms with Crippen LogP contribution >= 0.6 is 23.8 Å². The quantitative estimate of drug-likeness (QED) is 0.462. The number of nitro groups is 1. The maximum Gasteiger partial charge on any atom is 0.289 e. The van der Waals surface area contributed by atoms with E-state index in [9.17, 15) is 10.1 Å². The van der Waals surface area contributed by atoms with Gasteiger partial charge >= 0.3 is 0 Å². The first-order valence-corrected chi connectivity index (χ1v) is 4.29. The lowest BCUT2D eigenvalue weighted by atomic mass is 10.3. The Morgan fingerprint density at radius 1 is 1.64 bits per heavy atom. The standard InChI is InChI=1S/C7H6ClN3O2S/c8-5-2-1-4(10-7(9)14)3-6(5)11(12)13/h1-3H,(H3,9,10,14). The minimum atomic E-state index is -0.576. The van der Waals surface area contributed by atoms with Crippen LogP contribution in [-0.4, -0.2) is 10.0 Å². The number of anilines is 1. The topological polar surface area (TPSA) is 81.2 Å². The molecule has 0 saturated heterocycles. The maximum absolute atomic E-state index is 10.5. The molecule has 0 atom stereocenters. The lowest BCUT2D eigenvalue weighted by Gasteiger charge is -2.03. The van der Waals surface area contributed by atoms with E-state index in [1.54, 1.807) is 6.07 Å². The van der Waals surface area contributed by atoms with Gasteiger partial charge < -0.3 is 11.1 Å². The van der Waals surface area contributed by atoms with E-state index in [1.807, 2.05) is 0 Å². The molecule has 0 amide bonds. The molecule has 0 saturated carbocycles. The Kier molecular flexibility index (Phi) is 3.21. The van der Waals surface area contributed by atoms with Gasteiger partial charge in [-0.05, 0) is 24.4 Å². The van der Waals surface area contributed by atoms with Crippen molar-refractivity contribution in [1.82, 2.24) is 0 Å². The summed E-state index contributed by atoms with van der Waals surface area (Å²) in [5.74, 6) is 0. The fourth-order valence-corrected chi connectivity index (χ4v) is 1.18. The van der Waals surface area contributed by atoms with Crippen LogP contribution in [0, 0.1) is 10.1 Å². The highest BCUT2D eigenvalue weighted by atomic mass is 35.5. The second-order valence-electron chi connectivity index (χ2n) is 2.41. The van der Waals surface area contributed by atoms with Gasteiger partial charge in [0.15, 0.2) is 5.11 Å². The van der Waals surface area contributed by atoms with Crippen LogP contribution in [-0.2, 0) is 0 Å². The van der Waals surface area contributed by atoms with Crippen LogP contribution in [0.25, 0.3) is 0 Å². The lowest BCUT2D eigenvalue weighted by Crippen LogP contribution is -2.18. The number of nitrogens with zero attached hydrogens (tertiary/aromatic N) is 1. The van der Waals surface area contributed by atoms with E-state index in [-0.39, 0.29) is 15.8 Å². The third-order valence-corrected chi connectivity index (χ3v) is 1.83. The third kappa shape index (κ3) is 2.54. The minimum Gasteiger partial charge on any atom is -0.376 e. The van der Waals surface area contributed by atoms with Crippen molar-refractivity contribution in [3.8, 4) is 0 Å². The summed E-state index contributed by atoms with van der Waals surface area (Å²) in [6, 6.07) is 4.22. The van der Waals surface area contributed by atoms with E-state index in [1.165, 1.54) is 12.1 Å². The molecule has 0 unspecified atom stereocenters. The molecule has 0 aliphatic rings. The SMILES string of the molecule is NC(=S)Nc1ccc(Cl)c([N+](=O)[O-])c1. The normalized spacial score (nSPS) is 9.50. The van der Waals surface area contributed by atoms with Crippen LogP contribution in [0.5, 0.6) is 0 Å². The van der Waals surface area contributed by atoms with Crippen molar-refractivity contribution in [2.75, 3.05) is 5.32 Å². The van der Waals surface area contributed by atoms with Crippen molar-refractivity contribution in [2.45, 2.75) is 0 Å². The Labute approximate surface area is 90.0 Å². The first-order valence-electron chi connectivity index (χ1n) is 3.51. The second kappa shape index (κ2) is 4.21. The van der Waals surface area contributed by atoms with Crippen molar-refractivity contribution >= 4 is 40.3 Å². The zero-order valence-electron chi connectivity index (χ0n) is 6.86. The van der Waals surface area contributed by atoms with Gasteiger partial charge in [0, 0.05) is 11.8 Å². The Morgan fingerprint density at radius 3 is 2.79 bits per heavy atom. The average molecular weight is 232 g/mol. The van der Waals surface area contributed by atoms with Gasteiger partial charge in [0.05, 0.1) is 4.92 Å². The number of benzene rings is 1. The van der Waals surface area contributed by atoms with Crippen molar-refractivity contribution in [1.29, 1.82) is 0 Å². The lowest BCUT2D eigenvalue weighted by molar-refractivity contribution is -0.384. The number of halogens is 1. The molecule has 0 spiro atoms. The largest absolute Gasteiger partial charge is 0.376 e. The summed E-state index contributed by atoms with van der Waals surface area (Å²) in [7, 11) is 0. The van der Waals surface area contributed by atoms with Crippen molar-refractivity contribution in [2.24, 2.45) is 5.73 Å². The molecule has 0 aromatic heterocycles. The van der Waals surface area contributed by atoms with Crippen molar-refractivity contribution < 1.29 is 4.92 Å². The molecule has 74 valence electrons. The molecular weight excluding hydrogens is 226 g/mol. The van der Waals surface area contributed by atoms with Gasteiger partial charge in [0.25, 0.3) is 5.69 Å². The van der Waals surface area contributed by atoms with Crippen LogP contribution in [0.15, 0.2) is 18.2 Å². The molecular formula is C7H6ClN3O2S. The summed E-state index contributed by atoms with van der Waals surface area (Å²) in [5, 5.41) is 13.2. The fraction of sp³-hybridized carbons (Fsp3) is 0. The first-order chi connectivity index (χ1) is 6.50. The number of rotatable bonds is 2. The molecule has 0 aliphatic carbocycles. The number of hydrogen-bond acceptors (Lipinski definition) is 3. The van der Waals surface area contributed by atoms with Crippen LogP contribution in [0.3, 0.4) is 0 Å². The van der Waals surface area contributed by atoms with Crippen molar-refractivity contribution in [3.63, 3.8) is 0 Å². The van der Waals surface area contributed by atoms with Gasteiger partial charge in [0.1, 0.15) is 5.02 Å². The summed E-state index contributed by atoms with van der Waals surface area (Å²) in [6.45, 7) is 0. The van der Waals surface area contributed by atoms with E-state index in [0.717, 1.165) is 0 Å². The van der Waals surface area contributed by atoms with Crippen LogP contribution < -0.4 is 11.1 Å². The van der Waals surface area contributed by atoms with E-state index in [4.69, 9.17) is 17.3 Å². The maximum atomic E-state index is 10.5.